The predicted octanol–water partition coefficient (Wildman–Crippen LogP) is 4.93. The van der Waals surface area contributed by atoms with E-state index in [2.05, 4.69) is 65.3 Å². The lowest BCUT2D eigenvalue weighted by atomic mass is 10.1. The maximum absolute atomic E-state index is 3.49. The Morgan fingerprint density at radius 3 is 2.44 bits per heavy atom. The number of hydrogen-bond donors (Lipinski definition) is 0. The van der Waals surface area contributed by atoms with Crippen molar-refractivity contribution < 1.29 is 0 Å². The molecule has 0 amide bonds. The fourth-order valence-corrected chi connectivity index (χ4v) is 1.92. The van der Waals surface area contributed by atoms with Gasteiger partial charge in [0, 0.05) is 4.47 Å². The van der Waals surface area contributed by atoms with Crippen LogP contribution in [0, 0.1) is 6.92 Å². The highest BCUT2D eigenvalue weighted by molar-refractivity contribution is 9.10. The SMILES string of the molecule is Cc1ccc(Br)cc1/C=C\c1ccccc1. The highest BCUT2D eigenvalue weighted by Gasteiger charge is 1.94. The van der Waals surface area contributed by atoms with Crippen LogP contribution in [-0.4, -0.2) is 0 Å². The van der Waals surface area contributed by atoms with Gasteiger partial charge in [-0.15, -0.1) is 0 Å². The summed E-state index contributed by atoms with van der Waals surface area (Å²) in [6.07, 6.45) is 4.28. The lowest BCUT2D eigenvalue weighted by Gasteiger charge is -2.00. The molecule has 0 saturated heterocycles. The first-order valence-electron chi connectivity index (χ1n) is 5.25. The van der Waals surface area contributed by atoms with Gasteiger partial charge in [0.05, 0.1) is 0 Å². The Morgan fingerprint density at radius 2 is 1.69 bits per heavy atom. The van der Waals surface area contributed by atoms with Gasteiger partial charge in [-0.05, 0) is 35.7 Å². The number of aryl methyl sites for hydroxylation is 1. The predicted molar refractivity (Wildman–Crippen MR) is 74.2 cm³/mol. The molecule has 0 heterocycles. The van der Waals surface area contributed by atoms with Crippen LogP contribution in [0.1, 0.15) is 16.7 Å². The van der Waals surface area contributed by atoms with Crippen LogP contribution < -0.4 is 0 Å². The van der Waals surface area contributed by atoms with Crippen molar-refractivity contribution in [3.8, 4) is 0 Å². The normalized spacial score (nSPS) is 10.9. The van der Waals surface area contributed by atoms with Crippen molar-refractivity contribution >= 4 is 28.1 Å². The Balaban J connectivity index is 2.27. The van der Waals surface area contributed by atoms with Gasteiger partial charge in [0.1, 0.15) is 0 Å². The first-order valence-corrected chi connectivity index (χ1v) is 6.04. The molecule has 0 aromatic heterocycles. The summed E-state index contributed by atoms with van der Waals surface area (Å²) in [6.45, 7) is 2.12. The highest BCUT2D eigenvalue weighted by atomic mass is 79.9. The van der Waals surface area contributed by atoms with Crippen molar-refractivity contribution in [2.75, 3.05) is 0 Å². The van der Waals surface area contributed by atoms with E-state index in [4.69, 9.17) is 0 Å². The van der Waals surface area contributed by atoms with Crippen molar-refractivity contribution in [3.63, 3.8) is 0 Å². The molecule has 2 aromatic rings. The van der Waals surface area contributed by atoms with E-state index in [1.807, 2.05) is 18.2 Å². The molecule has 0 aliphatic carbocycles. The second-order valence-electron chi connectivity index (χ2n) is 3.74. The summed E-state index contributed by atoms with van der Waals surface area (Å²) >= 11 is 3.49. The number of halogens is 1. The van der Waals surface area contributed by atoms with E-state index < -0.39 is 0 Å². The van der Waals surface area contributed by atoms with Crippen molar-refractivity contribution in [1.82, 2.24) is 0 Å². The molecule has 80 valence electrons. The quantitative estimate of drug-likeness (QED) is 0.681. The summed E-state index contributed by atoms with van der Waals surface area (Å²) in [4.78, 5) is 0. The van der Waals surface area contributed by atoms with Crippen molar-refractivity contribution in [2.24, 2.45) is 0 Å². The molecule has 2 rings (SSSR count). The second-order valence-corrected chi connectivity index (χ2v) is 4.66. The van der Waals surface area contributed by atoms with Crippen LogP contribution in [0.5, 0.6) is 0 Å². The van der Waals surface area contributed by atoms with Gasteiger partial charge >= 0.3 is 0 Å². The Hall–Kier alpha value is -1.34. The molecule has 0 spiro atoms. The zero-order valence-corrected chi connectivity index (χ0v) is 10.7. The molecular formula is C15H13Br. The lowest BCUT2D eigenvalue weighted by molar-refractivity contribution is 1.43. The van der Waals surface area contributed by atoms with Crippen LogP contribution in [0.4, 0.5) is 0 Å². The summed E-state index contributed by atoms with van der Waals surface area (Å²) in [7, 11) is 0. The molecule has 0 unspecified atom stereocenters. The molecule has 0 aliphatic heterocycles. The molecule has 0 nitrogen and oxygen atoms in total. The van der Waals surface area contributed by atoms with Crippen LogP contribution >= 0.6 is 15.9 Å². The third-order valence-corrected chi connectivity index (χ3v) is 2.99. The fraction of sp³-hybridized carbons (Fsp3) is 0.0667. The van der Waals surface area contributed by atoms with E-state index in [0.29, 0.717) is 0 Å². The van der Waals surface area contributed by atoms with E-state index in [1.54, 1.807) is 0 Å². The first-order chi connectivity index (χ1) is 7.75. The number of hydrogen-bond acceptors (Lipinski definition) is 0. The average Bonchev–Trinajstić information content (AvgIpc) is 2.32. The fourth-order valence-electron chi connectivity index (χ4n) is 1.54. The van der Waals surface area contributed by atoms with Crippen molar-refractivity contribution in [1.29, 1.82) is 0 Å². The molecule has 2 aromatic carbocycles. The maximum atomic E-state index is 3.49. The molecule has 0 atom stereocenters. The van der Waals surface area contributed by atoms with Crippen LogP contribution in [0.25, 0.3) is 12.2 Å². The second kappa shape index (κ2) is 5.13. The minimum absolute atomic E-state index is 1.12. The van der Waals surface area contributed by atoms with E-state index >= 15 is 0 Å². The van der Waals surface area contributed by atoms with Gasteiger partial charge in [0.25, 0.3) is 0 Å². The number of benzene rings is 2. The standard InChI is InChI=1S/C15H13Br/c1-12-7-10-15(16)11-14(12)9-8-13-5-3-2-4-6-13/h2-11H,1H3/b9-8-. The maximum Gasteiger partial charge on any atom is 0.0181 e. The molecule has 0 aliphatic rings. The van der Waals surface area contributed by atoms with Gasteiger partial charge in [0.2, 0.25) is 0 Å². The average molecular weight is 273 g/mol. The summed E-state index contributed by atoms with van der Waals surface area (Å²) in [5, 5.41) is 0. The van der Waals surface area contributed by atoms with Crippen LogP contribution in [0.3, 0.4) is 0 Å². The minimum Gasteiger partial charge on any atom is -0.0622 e. The number of rotatable bonds is 2. The minimum atomic E-state index is 1.12. The topological polar surface area (TPSA) is 0 Å². The van der Waals surface area contributed by atoms with Gasteiger partial charge < -0.3 is 0 Å². The van der Waals surface area contributed by atoms with Gasteiger partial charge in [-0.3, -0.25) is 0 Å². The van der Waals surface area contributed by atoms with Gasteiger partial charge in [-0.2, -0.15) is 0 Å². The molecule has 0 N–H and O–H groups in total. The lowest BCUT2D eigenvalue weighted by Crippen LogP contribution is -1.79. The molecule has 0 fully saturated rings. The monoisotopic (exact) mass is 272 g/mol. The Labute approximate surface area is 105 Å². The van der Waals surface area contributed by atoms with E-state index in [1.165, 1.54) is 16.7 Å². The molecule has 0 radical (unpaired) electrons. The molecule has 0 bridgehead atoms. The molecular weight excluding hydrogens is 260 g/mol. The van der Waals surface area contributed by atoms with Gasteiger partial charge in [-0.25, -0.2) is 0 Å². The van der Waals surface area contributed by atoms with E-state index in [9.17, 15) is 0 Å². The molecule has 16 heavy (non-hydrogen) atoms. The Morgan fingerprint density at radius 1 is 0.938 bits per heavy atom. The Bertz CT molecular complexity index is 498. The smallest absolute Gasteiger partial charge is 0.0181 e. The van der Waals surface area contributed by atoms with Crippen molar-refractivity contribution in [3.05, 3.63) is 69.7 Å². The first kappa shape index (κ1) is 11.2. The van der Waals surface area contributed by atoms with E-state index in [-0.39, 0.29) is 0 Å². The van der Waals surface area contributed by atoms with Crippen molar-refractivity contribution in [2.45, 2.75) is 6.92 Å². The van der Waals surface area contributed by atoms with Crippen LogP contribution in [0.2, 0.25) is 0 Å². The van der Waals surface area contributed by atoms with Gasteiger partial charge in [0.15, 0.2) is 0 Å². The zero-order valence-electron chi connectivity index (χ0n) is 9.15. The van der Waals surface area contributed by atoms with Crippen LogP contribution in [0.15, 0.2) is 53.0 Å². The highest BCUT2D eigenvalue weighted by Crippen LogP contribution is 2.18. The Kier molecular flexibility index (Phi) is 3.58. The summed E-state index contributed by atoms with van der Waals surface area (Å²) in [6, 6.07) is 16.6. The molecule has 1 heteroatoms. The summed E-state index contributed by atoms with van der Waals surface area (Å²) < 4.78 is 1.12. The van der Waals surface area contributed by atoms with Crippen LogP contribution in [-0.2, 0) is 0 Å². The van der Waals surface area contributed by atoms with Gasteiger partial charge in [-0.1, -0.05) is 64.5 Å². The van der Waals surface area contributed by atoms with E-state index in [0.717, 1.165) is 4.47 Å². The molecule has 0 saturated carbocycles. The summed E-state index contributed by atoms with van der Waals surface area (Å²) in [5.74, 6) is 0. The zero-order chi connectivity index (χ0) is 11.4. The summed E-state index contributed by atoms with van der Waals surface area (Å²) in [5.41, 5.74) is 3.76. The largest absolute Gasteiger partial charge is 0.0622 e. The third-order valence-electron chi connectivity index (χ3n) is 2.50. The third kappa shape index (κ3) is 2.83.